The number of hydrogen-bond donors (Lipinski definition) is 0. The van der Waals surface area contributed by atoms with E-state index in [1.807, 2.05) is 0 Å². The van der Waals surface area contributed by atoms with E-state index < -0.39 is 0 Å². The molecule has 110 valence electrons. The molecule has 2 aromatic rings. The van der Waals surface area contributed by atoms with Crippen LogP contribution in [0.1, 0.15) is 32.1 Å². The molecular formula is C19H22OSe. The van der Waals surface area contributed by atoms with Crippen molar-refractivity contribution >= 4 is 30.2 Å². The number of fused-ring (bicyclic) bond motifs is 2. The molecule has 1 nitrogen and oxygen atoms in total. The van der Waals surface area contributed by atoms with E-state index in [0.29, 0.717) is 27.2 Å². The van der Waals surface area contributed by atoms with Crippen molar-refractivity contribution in [3.8, 4) is 0 Å². The van der Waals surface area contributed by atoms with Gasteiger partial charge in [0.15, 0.2) is 0 Å². The van der Waals surface area contributed by atoms with Gasteiger partial charge in [-0.3, -0.25) is 0 Å². The molecule has 0 aromatic heterocycles. The molecule has 1 heterocycles. The van der Waals surface area contributed by atoms with Gasteiger partial charge in [0.25, 0.3) is 0 Å². The van der Waals surface area contributed by atoms with Crippen LogP contribution in [0.2, 0.25) is 5.32 Å². The molecule has 3 atom stereocenters. The van der Waals surface area contributed by atoms with Crippen LogP contribution in [-0.2, 0) is 4.74 Å². The minimum absolute atomic E-state index is 0.525. The predicted octanol–water partition coefficient (Wildman–Crippen LogP) is 3.94. The third-order valence-electron chi connectivity index (χ3n) is 4.95. The van der Waals surface area contributed by atoms with Crippen LogP contribution in [0.25, 0.3) is 10.8 Å². The normalized spacial score (nSPS) is 28.7. The van der Waals surface area contributed by atoms with Crippen molar-refractivity contribution in [3.05, 3.63) is 42.5 Å². The Bertz CT molecular complexity index is 604. The van der Waals surface area contributed by atoms with Gasteiger partial charge in [-0.05, 0) is 0 Å². The van der Waals surface area contributed by atoms with Crippen molar-refractivity contribution in [2.45, 2.75) is 49.6 Å². The maximum atomic E-state index is 6.31. The fourth-order valence-corrected chi connectivity index (χ4v) is 6.17. The third kappa shape index (κ3) is 2.90. The first-order chi connectivity index (χ1) is 10.4. The minimum atomic E-state index is 0.525. The van der Waals surface area contributed by atoms with Crippen molar-refractivity contribution < 1.29 is 4.74 Å². The Labute approximate surface area is 133 Å². The molecule has 0 radical (unpaired) electrons. The summed E-state index contributed by atoms with van der Waals surface area (Å²) >= 11 is 0.527. The van der Waals surface area contributed by atoms with E-state index in [-0.39, 0.29) is 0 Å². The Morgan fingerprint density at radius 3 is 2.81 bits per heavy atom. The first-order valence-corrected chi connectivity index (χ1v) is 10.2. The van der Waals surface area contributed by atoms with Crippen molar-refractivity contribution in [2.75, 3.05) is 0 Å². The predicted molar refractivity (Wildman–Crippen MR) is 89.4 cm³/mol. The van der Waals surface area contributed by atoms with E-state index in [4.69, 9.17) is 4.74 Å². The van der Waals surface area contributed by atoms with Gasteiger partial charge in [0.05, 0.1) is 0 Å². The molecule has 0 bridgehead atoms. The monoisotopic (exact) mass is 346 g/mol. The first kappa shape index (κ1) is 13.8. The van der Waals surface area contributed by atoms with E-state index in [1.165, 1.54) is 48.2 Å². The Balaban J connectivity index is 1.44. The molecule has 4 rings (SSSR count). The van der Waals surface area contributed by atoms with Crippen molar-refractivity contribution in [1.82, 2.24) is 0 Å². The van der Waals surface area contributed by atoms with Crippen LogP contribution < -0.4 is 4.46 Å². The number of benzene rings is 2. The van der Waals surface area contributed by atoms with Crippen molar-refractivity contribution in [2.24, 2.45) is 5.92 Å². The molecule has 2 aliphatic rings. The van der Waals surface area contributed by atoms with Gasteiger partial charge < -0.3 is 0 Å². The summed E-state index contributed by atoms with van der Waals surface area (Å²) in [7, 11) is 0. The van der Waals surface area contributed by atoms with Crippen LogP contribution in [0.15, 0.2) is 42.5 Å². The van der Waals surface area contributed by atoms with Gasteiger partial charge in [-0.2, -0.15) is 0 Å². The second-order valence-corrected chi connectivity index (χ2v) is 8.59. The van der Waals surface area contributed by atoms with Crippen LogP contribution in [0.3, 0.4) is 0 Å². The van der Waals surface area contributed by atoms with Gasteiger partial charge in [0.1, 0.15) is 0 Å². The Morgan fingerprint density at radius 2 is 1.86 bits per heavy atom. The summed E-state index contributed by atoms with van der Waals surface area (Å²) in [5, 5.41) is 4.06. The molecule has 1 aliphatic carbocycles. The SMILES string of the molecule is c1ccc2c([Se]C[C@H]3C[C@H]4CCCC[C@@H]4O3)cccc2c1. The number of hydrogen-bond acceptors (Lipinski definition) is 1. The van der Waals surface area contributed by atoms with Crippen LogP contribution in [0.4, 0.5) is 0 Å². The van der Waals surface area contributed by atoms with Crippen LogP contribution in [-0.4, -0.2) is 27.2 Å². The van der Waals surface area contributed by atoms with Crippen LogP contribution in [0.5, 0.6) is 0 Å². The van der Waals surface area contributed by atoms with Gasteiger partial charge in [-0.1, -0.05) is 0 Å². The zero-order valence-corrected chi connectivity index (χ0v) is 14.0. The third-order valence-corrected chi connectivity index (χ3v) is 7.48. The van der Waals surface area contributed by atoms with E-state index in [1.54, 1.807) is 4.46 Å². The topological polar surface area (TPSA) is 9.23 Å². The molecule has 2 aromatic carbocycles. The van der Waals surface area contributed by atoms with Gasteiger partial charge in [0.2, 0.25) is 0 Å². The molecule has 2 fully saturated rings. The summed E-state index contributed by atoms with van der Waals surface area (Å²) in [6, 6.07) is 15.5. The molecule has 0 amide bonds. The van der Waals surface area contributed by atoms with E-state index >= 15 is 0 Å². The molecule has 1 aliphatic heterocycles. The quantitative estimate of drug-likeness (QED) is 0.766. The van der Waals surface area contributed by atoms with Gasteiger partial charge in [-0.25, -0.2) is 0 Å². The average molecular weight is 345 g/mol. The Hall–Kier alpha value is -0.821. The summed E-state index contributed by atoms with van der Waals surface area (Å²) in [5.74, 6) is 0.868. The molecule has 1 saturated carbocycles. The summed E-state index contributed by atoms with van der Waals surface area (Å²) < 4.78 is 7.86. The Kier molecular flexibility index (Phi) is 4.03. The van der Waals surface area contributed by atoms with Crippen molar-refractivity contribution in [3.63, 3.8) is 0 Å². The van der Waals surface area contributed by atoms with Gasteiger partial charge in [-0.15, -0.1) is 0 Å². The standard InChI is InChI=1S/C19H22OSe/c1-3-9-17-14(6-1)8-5-11-19(17)21-13-16-12-15-7-2-4-10-18(15)20-16/h1,3,5-6,8-9,11,15-16,18H,2,4,7,10,12-13H2/t15-,16-,18+/m1/s1. The summed E-state index contributed by atoms with van der Waals surface area (Å²) in [6.07, 6.45) is 7.94. The summed E-state index contributed by atoms with van der Waals surface area (Å²) in [6.45, 7) is 0. The van der Waals surface area contributed by atoms with E-state index in [0.717, 1.165) is 5.92 Å². The van der Waals surface area contributed by atoms with E-state index in [9.17, 15) is 0 Å². The molecule has 0 spiro atoms. The molecule has 1 saturated heterocycles. The maximum absolute atomic E-state index is 6.31. The molecule has 21 heavy (non-hydrogen) atoms. The first-order valence-electron chi connectivity index (χ1n) is 8.16. The fourth-order valence-electron chi connectivity index (χ4n) is 3.87. The summed E-state index contributed by atoms with van der Waals surface area (Å²) in [5.41, 5.74) is 0. The second kappa shape index (κ2) is 6.12. The number of ether oxygens (including phenoxy) is 1. The van der Waals surface area contributed by atoms with Crippen LogP contribution in [0, 0.1) is 5.92 Å². The average Bonchev–Trinajstić information content (AvgIpc) is 2.96. The fraction of sp³-hybridized carbons (Fsp3) is 0.474. The molecule has 0 N–H and O–H groups in total. The molecule has 0 unspecified atom stereocenters. The van der Waals surface area contributed by atoms with Crippen LogP contribution >= 0.6 is 0 Å². The number of rotatable bonds is 3. The van der Waals surface area contributed by atoms with Gasteiger partial charge >= 0.3 is 133 Å². The zero-order chi connectivity index (χ0) is 14.1. The summed E-state index contributed by atoms with van der Waals surface area (Å²) in [4.78, 5) is 0. The second-order valence-electron chi connectivity index (χ2n) is 6.37. The van der Waals surface area contributed by atoms with Gasteiger partial charge in [0, 0.05) is 0 Å². The van der Waals surface area contributed by atoms with E-state index in [2.05, 4.69) is 42.5 Å². The Morgan fingerprint density at radius 1 is 1.00 bits per heavy atom. The van der Waals surface area contributed by atoms with Crippen molar-refractivity contribution in [1.29, 1.82) is 0 Å². The molecule has 2 heteroatoms. The molecular weight excluding hydrogens is 323 g/mol. The zero-order valence-electron chi connectivity index (χ0n) is 12.3.